The fraction of sp³-hybridized carbons (Fsp3) is 0.273. The van der Waals surface area contributed by atoms with E-state index in [0.717, 1.165) is 0 Å². The van der Waals surface area contributed by atoms with Crippen molar-refractivity contribution < 1.29 is 9.59 Å². The lowest BCUT2D eigenvalue weighted by atomic mass is 10.2. The van der Waals surface area contributed by atoms with Crippen molar-refractivity contribution in [2.24, 2.45) is 0 Å². The Morgan fingerprint density at radius 3 is 2.65 bits per heavy atom. The van der Waals surface area contributed by atoms with Crippen LogP contribution in [-0.2, 0) is 4.79 Å². The first-order valence-electron chi connectivity index (χ1n) is 5.14. The maximum Gasteiger partial charge on any atom is 0.251 e. The summed E-state index contributed by atoms with van der Waals surface area (Å²) in [6.07, 6.45) is 0. The van der Waals surface area contributed by atoms with Crippen molar-refractivity contribution in [1.29, 1.82) is 0 Å². The van der Waals surface area contributed by atoms with Crippen LogP contribution < -0.4 is 16.4 Å². The van der Waals surface area contributed by atoms with E-state index in [9.17, 15) is 9.59 Å². The van der Waals surface area contributed by atoms with Crippen molar-refractivity contribution in [2.75, 3.05) is 18.8 Å². The molecule has 0 unspecified atom stereocenters. The Hall–Kier alpha value is -1.56. The smallest absolute Gasteiger partial charge is 0.251 e. The van der Waals surface area contributed by atoms with E-state index < -0.39 is 0 Å². The van der Waals surface area contributed by atoms with Crippen LogP contribution >= 0.6 is 15.9 Å². The normalized spacial score (nSPS) is 9.76. The standard InChI is InChI=1S/C11H14BrN3O2/c1-2-14-10(16)6-15-11(17)7-3-4-9(13)8(12)5-7/h3-5H,2,6,13H2,1H3,(H,14,16)(H,15,17). The molecule has 5 nitrogen and oxygen atoms in total. The number of nitrogens with two attached hydrogens (primary N) is 1. The third-order valence-electron chi connectivity index (χ3n) is 2.05. The van der Waals surface area contributed by atoms with E-state index in [1.807, 2.05) is 6.92 Å². The average molecular weight is 300 g/mol. The second-order valence-corrected chi connectivity index (χ2v) is 4.23. The Bertz CT molecular complexity index is 435. The van der Waals surface area contributed by atoms with Crippen LogP contribution in [-0.4, -0.2) is 24.9 Å². The van der Waals surface area contributed by atoms with Crippen LogP contribution in [0.3, 0.4) is 0 Å². The molecule has 0 radical (unpaired) electrons. The quantitative estimate of drug-likeness (QED) is 0.722. The van der Waals surface area contributed by atoms with E-state index in [2.05, 4.69) is 26.6 Å². The van der Waals surface area contributed by atoms with Crippen LogP contribution in [0.25, 0.3) is 0 Å². The topological polar surface area (TPSA) is 84.2 Å². The van der Waals surface area contributed by atoms with E-state index in [4.69, 9.17) is 5.73 Å². The molecule has 92 valence electrons. The predicted octanol–water partition coefficient (Wildman–Crippen LogP) is 0.897. The number of carbonyl (C=O) groups excluding carboxylic acids is 2. The van der Waals surface area contributed by atoms with Crippen molar-refractivity contribution >= 4 is 33.4 Å². The lowest BCUT2D eigenvalue weighted by Gasteiger charge is -2.06. The van der Waals surface area contributed by atoms with E-state index in [0.29, 0.717) is 22.3 Å². The highest BCUT2D eigenvalue weighted by Gasteiger charge is 2.08. The Kier molecular flexibility index (Phi) is 4.96. The summed E-state index contributed by atoms with van der Waals surface area (Å²) in [5.41, 5.74) is 6.62. The fourth-order valence-electron chi connectivity index (χ4n) is 1.19. The van der Waals surface area contributed by atoms with Gasteiger partial charge in [-0.05, 0) is 41.1 Å². The van der Waals surface area contributed by atoms with E-state index >= 15 is 0 Å². The van der Waals surface area contributed by atoms with Crippen LogP contribution in [0.15, 0.2) is 22.7 Å². The highest BCUT2D eigenvalue weighted by molar-refractivity contribution is 9.10. The van der Waals surface area contributed by atoms with E-state index in [1.54, 1.807) is 18.2 Å². The molecule has 0 aliphatic carbocycles. The molecule has 4 N–H and O–H groups in total. The summed E-state index contributed by atoms with van der Waals surface area (Å²) in [4.78, 5) is 22.8. The number of nitrogen functional groups attached to an aromatic ring is 1. The molecule has 0 aliphatic rings. The minimum atomic E-state index is -0.308. The molecule has 1 aromatic carbocycles. The van der Waals surface area contributed by atoms with Gasteiger partial charge in [0.1, 0.15) is 0 Å². The van der Waals surface area contributed by atoms with Gasteiger partial charge < -0.3 is 16.4 Å². The molecule has 1 aromatic rings. The first-order chi connectivity index (χ1) is 8.04. The molecule has 0 saturated carbocycles. The van der Waals surface area contributed by atoms with Gasteiger partial charge in [0.2, 0.25) is 5.91 Å². The number of nitrogens with one attached hydrogen (secondary N) is 2. The highest BCUT2D eigenvalue weighted by atomic mass is 79.9. The predicted molar refractivity (Wildman–Crippen MR) is 69.6 cm³/mol. The minimum absolute atomic E-state index is 0.0331. The summed E-state index contributed by atoms with van der Waals surface area (Å²) >= 11 is 3.23. The van der Waals surface area contributed by atoms with Gasteiger partial charge in [-0.1, -0.05) is 0 Å². The fourth-order valence-corrected chi connectivity index (χ4v) is 1.57. The van der Waals surface area contributed by atoms with Gasteiger partial charge in [0, 0.05) is 22.3 Å². The molecule has 0 atom stereocenters. The maximum atomic E-state index is 11.7. The Balaban J connectivity index is 2.58. The SMILES string of the molecule is CCNC(=O)CNC(=O)c1ccc(N)c(Br)c1. The van der Waals surface area contributed by atoms with Crippen LogP contribution in [0, 0.1) is 0 Å². The summed E-state index contributed by atoms with van der Waals surface area (Å²) < 4.78 is 0.656. The Morgan fingerprint density at radius 1 is 1.35 bits per heavy atom. The highest BCUT2D eigenvalue weighted by Crippen LogP contribution is 2.20. The van der Waals surface area contributed by atoms with E-state index in [1.165, 1.54) is 0 Å². The number of likely N-dealkylation sites (N-methyl/N-ethyl adjacent to an activating group) is 1. The lowest BCUT2D eigenvalue weighted by Crippen LogP contribution is -2.36. The van der Waals surface area contributed by atoms with Crippen molar-refractivity contribution in [2.45, 2.75) is 6.92 Å². The van der Waals surface area contributed by atoms with Gasteiger partial charge in [-0.3, -0.25) is 9.59 Å². The van der Waals surface area contributed by atoms with Gasteiger partial charge in [-0.15, -0.1) is 0 Å². The number of halogens is 1. The summed E-state index contributed by atoms with van der Waals surface area (Å²) in [5.74, 6) is -0.521. The maximum absolute atomic E-state index is 11.7. The monoisotopic (exact) mass is 299 g/mol. The third kappa shape index (κ3) is 4.07. The first kappa shape index (κ1) is 13.5. The molecule has 0 aliphatic heterocycles. The summed E-state index contributed by atoms with van der Waals surface area (Å²) in [6.45, 7) is 2.33. The summed E-state index contributed by atoms with van der Waals surface area (Å²) in [6, 6.07) is 4.85. The molecular formula is C11H14BrN3O2. The van der Waals surface area contributed by atoms with Crippen LogP contribution in [0.2, 0.25) is 0 Å². The number of rotatable bonds is 4. The number of carbonyl (C=O) groups is 2. The molecule has 1 rings (SSSR count). The number of hydrogen-bond donors (Lipinski definition) is 3. The summed E-state index contributed by atoms with van der Waals surface area (Å²) in [5, 5.41) is 5.11. The van der Waals surface area contributed by atoms with Crippen LogP contribution in [0.5, 0.6) is 0 Å². The zero-order valence-electron chi connectivity index (χ0n) is 9.42. The van der Waals surface area contributed by atoms with Gasteiger partial charge >= 0.3 is 0 Å². The number of hydrogen-bond acceptors (Lipinski definition) is 3. The van der Waals surface area contributed by atoms with E-state index in [-0.39, 0.29) is 18.4 Å². The summed E-state index contributed by atoms with van der Waals surface area (Å²) in [7, 11) is 0. The lowest BCUT2D eigenvalue weighted by molar-refractivity contribution is -0.120. The average Bonchev–Trinajstić information content (AvgIpc) is 2.30. The van der Waals surface area contributed by atoms with Crippen molar-refractivity contribution in [3.05, 3.63) is 28.2 Å². The number of benzene rings is 1. The number of anilines is 1. The zero-order valence-corrected chi connectivity index (χ0v) is 11.0. The molecule has 6 heteroatoms. The van der Waals surface area contributed by atoms with Crippen LogP contribution in [0.1, 0.15) is 17.3 Å². The third-order valence-corrected chi connectivity index (χ3v) is 2.73. The molecule has 2 amide bonds. The van der Waals surface area contributed by atoms with Crippen molar-refractivity contribution in [3.63, 3.8) is 0 Å². The molecule has 0 bridgehead atoms. The minimum Gasteiger partial charge on any atom is -0.398 e. The van der Waals surface area contributed by atoms with Crippen LogP contribution in [0.4, 0.5) is 5.69 Å². The Labute approximate surface area is 108 Å². The first-order valence-corrected chi connectivity index (χ1v) is 5.93. The molecule has 0 heterocycles. The molecular weight excluding hydrogens is 286 g/mol. The second kappa shape index (κ2) is 6.24. The molecule has 0 fully saturated rings. The van der Waals surface area contributed by atoms with Gasteiger partial charge in [0.25, 0.3) is 5.91 Å². The molecule has 0 spiro atoms. The molecule has 17 heavy (non-hydrogen) atoms. The van der Waals surface area contributed by atoms with Gasteiger partial charge in [0.05, 0.1) is 6.54 Å². The number of amides is 2. The molecule has 0 aromatic heterocycles. The van der Waals surface area contributed by atoms with Crippen molar-refractivity contribution in [3.8, 4) is 0 Å². The van der Waals surface area contributed by atoms with Gasteiger partial charge in [-0.2, -0.15) is 0 Å². The largest absolute Gasteiger partial charge is 0.398 e. The van der Waals surface area contributed by atoms with Gasteiger partial charge in [-0.25, -0.2) is 0 Å². The zero-order chi connectivity index (χ0) is 12.8. The van der Waals surface area contributed by atoms with Gasteiger partial charge in [0.15, 0.2) is 0 Å². The van der Waals surface area contributed by atoms with Crippen molar-refractivity contribution in [1.82, 2.24) is 10.6 Å². The Morgan fingerprint density at radius 2 is 2.06 bits per heavy atom. The molecule has 0 saturated heterocycles. The second-order valence-electron chi connectivity index (χ2n) is 3.37.